The minimum absolute atomic E-state index is 0.453. The van der Waals surface area contributed by atoms with E-state index in [1.807, 2.05) is 0 Å². The number of allylic oxidation sites excluding steroid dienone is 1. The highest BCUT2D eigenvalue weighted by molar-refractivity contribution is 5.82. The Kier molecular flexibility index (Phi) is 3.46. The first kappa shape index (κ1) is 13.8. The van der Waals surface area contributed by atoms with Gasteiger partial charge in [0.1, 0.15) is 0 Å². The normalized spacial score (nSPS) is 38.1. The maximum atomic E-state index is 4.66. The van der Waals surface area contributed by atoms with Crippen LogP contribution in [0.2, 0.25) is 0 Å². The van der Waals surface area contributed by atoms with E-state index in [1.54, 1.807) is 0 Å². The van der Waals surface area contributed by atoms with Gasteiger partial charge in [0.05, 0.1) is 6.54 Å². The average molecular weight is 247 g/mol. The summed E-state index contributed by atoms with van der Waals surface area (Å²) in [4.78, 5) is 4.66. The second kappa shape index (κ2) is 4.51. The molecule has 3 unspecified atom stereocenters. The van der Waals surface area contributed by atoms with Crippen molar-refractivity contribution in [1.29, 1.82) is 0 Å². The Labute approximate surface area is 113 Å². The third kappa shape index (κ3) is 1.55. The molecule has 2 saturated carbocycles. The number of hydrogen-bond acceptors (Lipinski definition) is 1. The van der Waals surface area contributed by atoms with Gasteiger partial charge in [0.15, 0.2) is 0 Å². The van der Waals surface area contributed by atoms with Crippen molar-refractivity contribution in [3.05, 3.63) is 12.2 Å². The van der Waals surface area contributed by atoms with Crippen LogP contribution in [0.4, 0.5) is 0 Å². The molecule has 0 aliphatic heterocycles. The fraction of sp³-hybridized carbons (Fsp3) is 0.824. The zero-order chi connectivity index (χ0) is 13.4. The van der Waals surface area contributed by atoms with Gasteiger partial charge in [0, 0.05) is 11.6 Å². The van der Waals surface area contributed by atoms with Crippen LogP contribution in [0.3, 0.4) is 0 Å². The molecule has 0 heterocycles. The Morgan fingerprint density at radius 2 is 1.94 bits per heavy atom. The maximum Gasteiger partial charge on any atom is 0.0566 e. The van der Waals surface area contributed by atoms with Gasteiger partial charge in [-0.05, 0) is 29.6 Å². The van der Waals surface area contributed by atoms with E-state index in [9.17, 15) is 0 Å². The van der Waals surface area contributed by atoms with Crippen molar-refractivity contribution in [2.24, 2.45) is 27.2 Å². The molecule has 2 rings (SSSR count). The first-order valence-electron chi connectivity index (χ1n) is 7.66. The summed E-state index contributed by atoms with van der Waals surface area (Å²) in [7, 11) is 0. The van der Waals surface area contributed by atoms with Crippen LogP contribution in [0, 0.1) is 22.2 Å². The molecule has 0 aromatic carbocycles. The zero-order valence-corrected chi connectivity index (χ0v) is 12.8. The Morgan fingerprint density at radius 3 is 2.50 bits per heavy atom. The molecule has 0 N–H and O–H groups in total. The number of rotatable bonds is 7. The number of fused-ring (bicyclic) bond motifs is 1. The second-order valence-electron chi connectivity index (χ2n) is 6.81. The lowest BCUT2D eigenvalue weighted by Gasteiger charge is -2.23. The van der Waals surface area contributed by atoms with E-state index in [0.717, 1.165) is 18.9 Å². The number of aliphatic imine (C=N–C) groups is 1. The molecule has 0 spiro atoms. The summed E-state index contributed by atoms with van der Waals surface area (Å²) in [5.41, 5.74) is 1.54. The lowest BCUT2D eigenvalue weighted by Crippen LogP contribution is -2.17. The van der Waals surface area contributed by atoms with Crippen molar-refractivity contribution in [2.75, 3.05) is 6.54 Å². The number of nitrogens with zero attached hydrogens (tertiary/aromatic N) is 1. The molecule has 2 fully saturated rings. The molecule has 0 amide bonds. The molecule has 0 aromatic heterocycles. The molecule has 1 nitrogen and oxygen atoms in total. The second-order valence-corrected chi connectivity index (χ2v) is 6.81. The van der Waals surface area contributed by atoms with E-state index >= 15 is 0 Å². The minimum atomic E-state index is 0.453. The fourth-order valence-electron chi connectivity index (χ4n) is 4.61. The molecule has 0 aromatic rings. The van der Waals surface area contributed by atoms with Crippen LogP contribution >= 0.6 is 0 Å². The van der Waals surface area contributed by atoms with Crippen molar-refractivity contribution in [1.82, 2.24) is 0 Å². The van der Waals surface area contributed by atoms with Crippen LogP contribution in [0.5, 0.6) is 0 Å². The lowest BCUT2D eigenvalue weighted by molar-refractivity contribution is 0.260. The van der Waals surface area contributed by atoms with Crippen molar-refractivity contribution in [2.45, 2.75) is 60.3 Å². The van der Waals surface area contributed by atoms with Gasteiger partial charge in [-0.15, -0.1) is 0 Å². The van der Waals surface area contributed by atoms with E-state index < -0.39 is 0 Å². The Hall–Kier alpha value is -0.590. The van der Waals surface area contributed by atoms with Crippen molar-refractivity contribution >= 4 is 6.21 Å². The van der Waals surface area contributed by atoms with Crippen LogP contribution in [0.1, 0.15) is 60.3 Å². The molecule has 102 valence electrons. The van der Waals surface area contributed by atoms with Gasteiger partial charge >= 0.3 is 0 Å². The zero-order valence-electron chi connectivity index (χ0n) is 12.8. The van der Waals surface area contributed by atoms with Crippen molar-refractivity contribution < 1.29 is 0 Å². The van der Waals surface area contributed by atoms with Crippen molar-refractivity contribution in [3.63, 3.8) is 0 Å². The third-order valence-electron chi connectivity index (χ3n) is 5.88. The van der Waals surface area contributed by atoms with Crippen LogP contribution in [0.15, 0.2) is 17.1 Å². The Morgan fingerprint density at radius 1 is 1.22 bits per heavy atom. The minimum Gasteiger partial charge on any atom is -0.293 e. The third-order valence-corrected chi connectivity index (χ3v) is 5.88. The van der Waals surface area contributed by atoms with Gasteiger partial charge in [0.25, 0.3) is 0 Å². The molecule has 1 heteroatoms. The van der Waals surface area contributed by atoms with Gasteiger partial charge in [0.2, 0.25) is 0 Å². The van der Waals surface area contributed by atoms with Gasteiger partial charge in [-0.2, -0.15) is 0 Å². The summed E-state index contributed by atoms with van der Waals surface area (Å²) in [6.07, 6.45) is 11.9. The maximum absolute atomic E-state index is 4.66. The topological polar surface area (TPSA) is 12.4 Å². The van der Waals surface area contributed by atoms with Crippen LogP contribution in [-0.4, -0.2) is 12.8 Å². The summed E-state index contributed by atoms with van der Waals surface area (Å²) in [5, 5.41) is 0. The van der Waals surface area contributed by atoms with Gasteiger partial charge in [-0.25, -0.2) is 0 Å². The van der Waals surface area contributed by atoms with E-state index in [2.05, 4.69) is 58.0 Å². The summed E-state index contributed by atoms with van der Waals surface area (Å²) in [6, 6.07) is 0. The Bertz CT molecular complexity index is 366. The van der Waals surface area contributed by atoms with E-state index in [-0.39, 0.29) is 0 Å². The molecule has 2 aliphatic carbocycles. The van der Waals surface area contributed by atoms with Crippen LogP contribution in [-0.2, 0) is 0 Å². The first-order chi connectivity index (χ1) is 8.50. The SMILES string of the molecule is CCC=CCN=CC12CC1(C(C)CCC)C2(C)C. The number of hydrogen-bond donors (Lipinski definition) is 0. The largest absolute Gasteiger partial charge is 0.293 e. The highest BCUT2D eigenvalue weighted by Gasteiger charge is 2.95. The molecule has 3 atom stereocenters. The highest BCUT2D eigenvalue weighted by atomic mass is 15.0. The van der Waals surface area contributed by atoms with Crippen molar-refractivity contribution in [3.8, 4) is 0 Å². The van der Waals surface area contributed by atoms with Crippen LogP contribution in [0.25, 0.3) is 0 Å². The average Bonchev–Trinajstić information content (AvgIpc) is 3.13. The summed E-state index contributed by atoms with van der Waals surface area (Å²) in [6.45, 7) is 12.7. The smallest absolute Gasteiger partial charge is 0.0566 e. The molecular weight excluding hydrogens is 218 g/mol. The molecular formula is C17H29N. The highest BCUT2D eigenvalue weighted by Crippen LogP contribution is 2.98. The van der Waals surface area contributed by atoms with Crippen LogP contribution < -0.4 is 0 Å². The predicted molar refractivity (Wildman–Crippen MR) is 80.1 cm³/mol. The first-order valence-corrected chi connectivity index (χ1v) is 7.66. The summed E-state index contributed by atoms with van der Waals surface area (Å²) in [5.74, 6) is 0.857. The predicted octanol–water partition coefficient (Wildman–Crippen LogP) is 4.88. The monoisotopic (exact) mass is 247 g/mol. The quantitative estimate of drug-likeness (QED) is 0.449. The fourth-order valence-corrected chi connectivity index (χ4v) is 4.61. The van der Waals surface area contributed by atoms with E-state index in [1.165, 1.54) is 19.3 Å². The summed E-state index contributed by atoms with van der Waals surface area (Å²) >= 11 is 0. The Balaban J connectivity index is 1.97. The standard InChI is InChI=1S/C17H29N/c1-6-8-9-11-18-13-16-12-17(16,15(16,4)5)14(3)10-7-2/h8-9,13-14H,6-7,10-12H2,1-5H3. The molecule has 0 saturated heterocycles. The summed E-state index contributed by atoms with van der Waals surface area (Å²) < 4.78 is 0. The lowest BCUT2D eigenvalue weighted by atomic mass is 9.81. The van der Waals surface area contributed by atoms with Gasteiger partial charge in [-0.1, -0.05) is 59.6 Å². The van der Waals surface area contributed by atoms with E-state index in [4.69, 9.17) is 0 Å². The molecule has 0 bridgehead atoms. The molecule has 2 aliphatic rings. The molecule has 18 heavy (non-hydrogen) atoms. The molecule has 0 radical (unpaired) electrons. The van der Waals surface area contributed by atoms with Gasteiger partial charge < -0.3 is 0 Å². The van der Waals surface area contributed by atoms with Gasteiger partial charge in [-0.3, -0.25) is 4.99 Å². The van der Waals surface area contributed by atoms with E-state index in [0.29, 0.717) is 16.2 Å².